The molecule has 0 N–H and O–H groups in total. The Morgan fingerprint density at radius 1 is 0.875 bits per heavy atom. The lowest BCUT2D eigenvalue weighted by atomic mass is 10.0. The quantitative estimate of drug-likeness (QED) is 0.314. The Hall–Kier alpha value is -3.73. The highest BCUT2D eigenvalue weighted by Gasteiger charge is 2.25. The zero-order valence-corrected chi connectivity index (χ0v) is 18.8. The molecule has 0 fully saturated rings. The van der Waals surface area contributed by atoms with Crippen LogP contribution in [0, 0.1) is 6.92 Å². The van der Waals surface area contributed by atoms with Crippen molar-refractivity contribution < 1.29 is 19.0 Å². The maximum atomic E-state index is 13.5. The Bertz CT molecular complexity index is 1230. The highest BCUT2D eigenvalue weighted by Crippen LogP contribution is 2.35. The van der Waals surface area contributed by atoms with Crippen LogP contribution in [-0.4, -0.2) is 24.6 Å². The van der Waals surface area contributed by atoms with Crippen molar-refractivity contribution in [3.63, 3.8) is 0 Å². The van der Waals surface area contributed by atoms with Gasteiger partial charge in [0.2, 0.25) is 0 Å². The molecule has 1 atom stereocenters. The van der Waals surface area contributed by atoms with Crippen LogP contribution in [0.3, 0.4) is 0 Å². The molecule has 0 aliphatic heterocycles. The minimum absolute atomic E-state index is 0.0144. The Kier molecular flexibility index (Phi) is 6.17. The van der Waals surface area contributed by atoms with Gasteiger partial charge in [0, 0.05) is 23.1 Å². The fraction of sp³-hybridized carbons (Fsp3) is 0.222. The molecule has 0 saturated carbocycles. The van der Waals surface area contributed by atoms with Crippen molar-refractivity contribution in [2.24, 2.45) is 0 Å². The normalized spacial score (nSPS) is 11.9. The monoisotopic (exact) mass is 429 g/mol. The highest BCUT2D eigenvalue weighted by molar-refractivity contribution is 6.17. The molecule has 1 aromatic heterocycles. The van der Waals surface area contributed by atoms with Crippen molar-refractivity contribution in [3.8, 4) is 17.2 Å². The molecule has 32 heavy (non-hydrogen) atoms. The second-order valence-electron chi connectivity index (χ2n) is 7.56. The number of carbonyl (C=O) groups is 1. The number of ketones is 1. The first kappa shape index (κ1) is 21.5. The van der Waals surface area contributed by atoms with Crippen molar-refractivity contribution >= 4 is 16.7 Å². The van der Waals surface area contributed by atoms with Crippen LogP contribution < -0.4 is 14.2 Å². The second-order valence-corrected chi connectivity index (χ2v) is 7.56. The van der Waals surface area contributed by atoms with Gasteiger partial charge in [-0.3, -0.25) is 4.79 Å². The lowest BCUT2D eigenvalue weighted by Gasteiger charge is -2.22. The minimum Gasteiger partial charge on any atom is -0.497 e. The van der Waals surface area contributed by atoms with Crippen LogP contribution in [0.5, 0.6) is 17.2 Å². The van der Waals surface area contributed by atoms with Crippen molar-refractivity contribution in [2.45, 2.75) is 26.5 Å². The molecule has 0 saturated heterocycles. The van der Waals surface area contributed by atoms with Gasteiger partial charge in [-0.1, -0.05) is 37.3 Å². The number of carbonyl (C=O) groups excluding carboxylic acids is 1. The first-order chi connectivity index (χ1) is 15.6. The smallest absolute Gasteiger partial charge is 0.195 e. The van der Waals surface area contributed by atoms with Crippen LogP contribution in [0.15, 0.2) is 72.8 Å². The van der Waals surface area contributed by atoms with Gasteiger partial charge in [-0.25, -0.2) is 0 Å². The van der Waals surface area contributed by atoms with E-state index in [2.05, 4.69) is 11.5 Å². The van der Waals surface area contributed by atoms with Gasteiger partial charge < -0.3 is 18.8 Å². The molecule has 4 aromatic rings. The lowest BCUT2D eigenvalue weighted by Crippen LogP contribution is -2.17. The number of hydrogen-bond acceptors (Lipinski definition) is 4. The van der Waals surface area contributed by atoms with E-state index in [1.165, 1.54) is 0 Å². The van der Waals surface area contributed by atoms with E-state index in [-0.39, 0.29) is 12.0 Å². The number of aromatic nitrogens is 1. The van der Waals surface area contributed by atoms with E-state index < -0.39 is 0 Å². The summed E-state index contributed by atoms with van der Waals surface area (Å²) < 4.78 is 19.2. The van der Waals surface area contributed by atoms with Gasteiger partial charge in [0.25, 0.3) is 0 Å². The molecular weight excluding hydrogens is 402 g/mol. The SMILES string of the molecule is CCC(Oc1ccc(OC)cc1)n1c(C)c(C(=O)c2ccccc2)c2cc(OC)ccc21. The summed E-state index contributed by atoms with van der Waals surface area (Å²) in [6, 6.07) is 22.7. The maximum Gasteiger partial charge on any atom is 0.195 e. The van der Waals surface area contributed by atoms with Gasteiger partial charge in [0.1, 0.15) is 17.2 Å². The summed E-state index contributed by atoms with van der Waals surface area (Å²) in [5, 5.41) is 0.854. The molecule has 0 amide bonds. The Balaban J connectivity index is 1.84. The molecule has 1 heterocycles. The van der Waals surface area contributed by atoms with Crippen molar-refractivity contribution in [1.82, 2.24) is 4.57 Å². The number of nitrogens with zero attached hydrogens (tertiary/aromatic N) is 1. The van der Waals surface area contributed by atoms with Gasteiger partial charge >= 0.3 is 0 Å². The minimum atomic E-state index is -0.281. The standard InChI is InChI=1S/C27H27NO4/c1-5-25(32-21-13-11-20(30-3)12-14-21)28-18(2)26(27(29)19-9-7-6-8-10-19)23-17-22(31-4)15-16-24(23)28/h6-17,25H,5H2,1-4H3. The largest absolute Gasteiger partial charge is 0.497 e. The van der Waals surface area contributed by atoms with E-state index in [1.54, 1.807) is 14.2 Å². The summed E-state index contributed by atoms with van der Waals surface area (Å²) in [5.41, 5.74) is 3.12. The van der Waals surface area contributed by atoms with E-state index in [1.807, 2.05) is 79.7 Å². The topological polar surface area (TPSA) is 49.7 Å². The summed E-state index contributed by atoms with van der Waals surface area (Å²) in [5.74, 6) is 2.21. The van der Waals surface area contributed by atoms with E-state index >= 15 is 0 Å². The first-order valence-electron chi connectivity index (χ1n) is 10.7. The summed E-state index contributed by atoms with van der Waals surface area (Å²) in [4.78, 5) is 13.5. The lowest BCUT2D eigenvalue weighted by molar-refractivity contribution is 0.103. The molecule has 3 aromatic carbocycles. The molecule has 5 heteroatoms. The number of methoxy groups -OCH3 is 2. The molecule has 0 spiro atoms. The van der Waals surface area contributed by atoms with Gasteiger partial charge in [-0.2, -0.15) is 0 Å². The summed E-state index contributed by atoms with van der Waals surface area (Å²) in [6.45, 7) is 4.05. The first-order valence-corrected chi connectivity index (χ1v) is 10.7. The van der Waals surface area contributed by atoms with Crippen molar-refractivity contribution in [3.05, 3.63) is 89.6 Å². The van der Waals surface area contributed by atoms with Gasteiger partial charge in [-0.15, -0.1) is 0 Å². The Morgan fingerprint density at radius 3 is 2.12 bits per heavy atom. The van der Waals surface area contributed by atoms with E-state index in [4.69, 9.17) is 14.2 Å². The third-order valence-electron chi connectivity index (χ3n) is 5.69. The zero-order valence-electron chi connectivity index (χ0n) is 18.8. The number of fused-ring (bicyclic) bond motifs is 1. The van der Waals surface area contributed by atoms with Gasteiger partial charge in [0.15, 0.2) is 12.0 Å². The van der Waals surface area contributed by atoms with Crippen LogP contribution in [-0.2, 0) is 0 Å². The average Bonchev–Trinajstić information content (AvgIpc) is 3.13. The molecule has 0 aliphatic rings. The predicted octanol–water partition coefficient (Wildman–Crippen LogP) is 6.19. The number of benzene rings is 3. The maximum absolute atomic E-state index is 13.5. The number of hydrogen-bond donors (Lipinski definition) is 0. The van der Waals surface area contributed by atoms with Gasteiger partial charge in [0.05, 0.1) is 25.3 Å². The summed E-state index contributed by atoms with van der Waals surface area (Å²) >= 11 is 0. The van der Waals surface area contributed by atoms with Crippen LogP contribution in [0.25, 0.3) is 10.9 Å². The Labute approximate surface area is 188 Å². The molecule has 164 valence electrons. The molecule has 0 radical (unpaired) electrons. The van der Waals surface area contributed by atoms with Crippen molar-refractivity contribution in [2.75, 3.05) is 14.2 Å². The van der Waals surface area contributed by atoms with Crippen LogP contribution in [0.1, 0.15) is 41.2 Å². The molecule has 4 rings (SSSR count). The molecule has 5 nitrogen and oxygen atoms in total. The molecule has 0 bridgehead atoms. The molecular formula is C27H27NO4. The zero-order chi connectivity index (χ0) is 22.7. The summed E-state index contributed by atoms with van der Waals surface area (Å²) in [7, 11) is 3.27. The second kappa shape index (κ2) is 9.18. The van der Waals surface area contributed by atoms with Crippen LogP contribution >= 0.6 is 0 Å². The van der Waals surface area contributed by atoms with E-state index in [0.29, 0.717) is 16.9 Å². The number of ether oxygens (including phenoxy) is 3. The van der Waals surface area contributed by atoms with E-state index in [0.717, 1.165) is 34.5 Å². The predicted molar refractivity (Wildman–Crippen MR) is 126 cm³/mol. The van der Waals surface area contributed by atoms with Crippen LogP contribution in [0.2, 0.25) is 0 Å². The third kappa shape index (κ3) is 3.94. The van der Waals surface area contributed by atoms with Crippen molar-refractivity contribution in [1.29, 1.82) is 0 Å². The van der Waals surface area contributed by atoms with E-state index in [9.17, 15) is 4.79 Å². The van der Waals surface area contributed by atoms with Gasteiger partial charge in [-0.05, 0) is 49.4 Å². The fourth-order valence-electron chi connectivity index (χ4n) is 4.07. The average molecular weight is 430 g/mol. The molecule has 1 unspecified atom stereocenters. The number of rotatable bonds is 8. The Morgan fingerprint density at radius 2 is 1.50 bits per heavy atom. The summed E-state index contributed by atoms with van der Waals surface area (Å²) in [6.07, 6.45) is 0.443. The highest BCUT2D eigenvalue weighted by atomic mass is 16.5. The third-order valence-corrected chi connectivity index (χ3v) is 5.69. The van der Waals surface area contributed by atoms with Crippen LogP contribution in [0.4, 0.5) is 0 Å². The fourth-order valence-corrected chi connectivity index (χ4v) is 4.07. The molecule has 0 aliphatic carbocycles.